The van der Waals surface area contributed by atoms with E-state index >= 15 is 0 Å². The van der Waals surface area contributed by atoms with Gasteiger partial charge in [-0.1, -0.05) is 49.6 Å². The SMILES string of the molecule is Cc1ccc(S(=O)(=O)n2ccc3c(Br)cc(Cc4cc5c(Br)ccc(C#N)c5[nH]4)c(C#N)c32)cc1. The Morgan fingerprint density at radius 1 is 0.943 bits per heavy atom. The van der Waals surface area contributed by atoms with Crippen LogP contribution in [-0.2, 0) is 16.4 Å². The van der Waals surface area contributed by atoms with Gasteiger partial charge in [0, 0.05) is 38.0 Å². The van der Waals surface area contributed by atoms with E-state index in [-0.39, 0.29) is 10.5 Å². The summed E-state index contributed by atoms with van der Waals surface area (Å²) in [5, 5.41) is 21.1. The summed E-state index contributed by atoms with van der Waals surface area (Å²) in [6.07, 6.45) is 1.83. The molecule has 5 rings (SSSR count). The molecule has 0 amide bonds. The maximum Gasteiger partial charge on any atom is 0.268 e. The fraction of sp³-hybridized carbons (Fsp3) is 0.0769. The van der Waals surface area contributed by atoms with Crippen LogP contribution in [0.4, 0.5) is 0 Å². The lowest BCUT2D eigenvalue weighted by atomic mass is 10.0. The number of hydrogen-bond donors (Lipinski definition) is 1. The molecule has 0 radical (unpaired) electrons. The lowest BCUT2D eigenvalue weighted by Crippen LogP contribution is -2.13. The summed E-state index contributed by atoms with van der Waals surface area (Å²) in [6, 6.07) is 20.1. The van der Waals surface area contributed by atoms with Crippen molar-refractivity contribution in [3.63, 3.8) is 0 Å². The largest absolute Gasteiger partial charge is 0.357 e. The quantitative estimate of drug-likeness (QED) is 0.251. The average molecular weight is 608 g/mol. The summed E-state index contributed by atoms with van der Waals surface area (Å²) in [6.45, 7) is 1.89. The Hall–Kier alpha value is -3.37. The summed E-state index contributed by atoms with van der Waals surface area (Å²) >= 11 is 7.09. The molecule has 0 aliphatic heterocycles. The molecule has 0 fully saturated rings. The summed E-state index contributed by atoms with van der Waals surface area (Å²) in [7, 11) is -3.92. The molecule has 0 unspecified atom stereocenters. The van der Waals surface area contributed by atoms with E-state index in [0.717, 1.165) is 21.1 Å². The minimum atomic E-state index is -3.92. The fourth-order valence-corrected chi connectivity index (χ4v) is 6.63. The number of nitrogens with one attached hydrogen (secondary N) is 1. The number of halogens is 2. The molecule has 0 aliphatic rings. The molecular weight excluding hydrogens is 592 g/mol. The Balaban J connectivity index is 1.69. The lowest BCUT2D eigenvalue weighted by molar-refractivity contribution is 0.589. The van der Waals surface area contributed by atoms with Gasteiger partial charge < -0.3 is 4.98 Å². The highest BCUT2D eigenvalue weighted by Crippen LogP contribution is 2.35. The van der Waals surface area contributed by atoms with E-state index in [1.54, 1.807) is 36.4 Å². The van der Waals surface area contributed by atoms with Gasteiger partial charge in [-0.2, -0.15) is 10.5 Å². The van der Waals surface area contributed by atoms with Gasteiger partial charge in [-0.3, -0.25) is 0 Å². The van der Waals surface area contributed by atoms with Gasteiger partial charge >= 0.3 is 0 Å². The Morgan fingerprint density at radius 3 is 2.37 bits per heavy atom. The molecule has 0 saturated heterocycles. The zero-order chi connectivity index (χ0) is 24.9. The van der Waals surface area contributed by atoms with Crippen LogP contribution in [-0.4, -0.2) is 17.4 Å². The van der Waals surface area contributed by atoms with Crippen molar-refractivity contribution in [3.8, 4) is 12.1 Å². The first kappa shape index (κ1) is 23.4. The van der Waals surface area contributed by atoms with E-state index in [1.807, 2.05) is 25.1 Å². The number of aromatic nitrogens is 2. The highest BCUT2D eigenvalue weighted by molar-refractivity contribution is 9.11. The van der Waals surface area contributed by atoms with E-state index < -0.39 is 10.0 Å². The number of fused-ring (bicyclic) bond motifs is 2. The van der Waals surface area contributed by atoms with E-state index in [4.69, 9.17) is 0 Å². The Kier molecular flexibility index (Phi) is 5.80. The van der Waals surface area contributed by atoms with Crippen molar-refractivity contribution in [1.82, 2.24) is 8.96 Å². The van der Waals surface area contributed by atoms with Crippen molar-refractivity contribution in [2.45, 2.75) is 18.2 Å². The zero-order valence-corrected chi connectivity index (χ0v) is 22.3. The standard InChI is InChI=1S/C26H16Br2N4O2S/c1-15-2-5-19(6-3-15)35(33,34)32-9-8-20-24(28)11-17(22(14-30)26(20)32)10-18-12-21-23(27)7-4-16(13-29)25(21)31-18/h2-9,11-12,31H,10H2,1H3. The van der Waals surface area contributed by atoms with Crippen molar-refractivity contribution < 1.29 is 8.42 Å². The number of H-pyrrole nitrogens is 1. The van der Waals surface area contributed by atoms with E-state index in [2.05, 4.69) is 49.0 Å². The molecule has 0 bridgehead atoms. The maximum absolute atomic E-state index is 13.5. The van der Waals surface area contributed by atoms with Gasteiger partial charge in [0.15, 0.2) is 0 Å². The number of rotatable bonds is 4. The molecule has 1 N–H and O–H groups in total. The molecule has 172 valence electrons. The van der Waals surface area contributed by atoms with Gasteiger partial charge in [-0.05, 0) is 55.0 Å². The van der Waals surface area contributed by atoms with E-state index in [9.17, 15) is 18.9 Å². The number of hydrogen-bond acceptors (Lipinski definition) is 4. The van der Waals surface area contributed by atoms with Gasteiger partial charge in [-0.25, -0.2) is 12.4 Å². The second-order valence-corrected chi connectivity index (χ2v) is 11.7. The average Bonchev–Trinajstić information content (AvgIpc) is 3.46. The van der Waals surface area contributed by atoms with Crippen LogP contribution >= 0.6 is 31.9 Å². The molecule has 3 aromatic carbocycles. The summed E-state index contributed by atoms with van der Waals surface area (Å²) < 4.78 is 29.7. The number of benzene rings is 3. The molecule has 0 spiro atoms. The predicted octanol–water partition coefficient (Wildman–Crippen LogP) is 6.53. The molecule has 0 atom stereocenters. The van der Waals surface area contributed by atoms with Gasteiger partial charge in [0.1, 0.15) is 12.1 Å². The predicted molar refractivity (Wildman–Crippen MR) is 142 cm³/mol. The summed E-state index contributed by atoms with van der Waals surface area (Å²) in [5.74, 6) is 0. The highest BCUT2D eigenvalue weighted by Gasteiger charge is 2.24. The van der Waals surface area contributed by atoms with Crippen LogP contribution in [0.3, 0.4) is 0 Å². The number of aryl methyl sites for hydroxylation is 1. The minimum absolute atomic E-state index is 0.149. The fourth-order valence-electron chi connectivity index (χ4n) is 4.23. The topological polar surface area (TPSA) is 102 Å². The molecule has 5 aromatic rings. The summed E-state index contributed by atoms with van der Waals surface area (Å²) in [5.41, 5.74) is 4.24. The van der Waals surface area contributed by atoms with E-state index in [0.29, 0.717) is 38.4 Å². The third kappa shape index (κ3) is 3.86. The molecule has 0 aliphatic carbocycles. The smallest absolute Gasteiger partial charge is 0.268 e. The van der Waals surface area contributed by atoms with Crippen molar-refractivity contribution in [3.05, 3.63) is 97.7 Å². The minimum Gasteiger partial charge on any atom is -0.357 e. The van der Waals surface area contributed by atoms with Gasteiger partial charge in [0.25, 0.3) is 10.0 Å². The monoisotopic (exact) mass is 606 g/mol. The Labute approximate surface area is 218 Å². The second-order valence-electron chi connectivity index (χ2n) is 8.16. The Morgan fingerprint density at radius 2 is 1.69 bits per heavy atom. The van der Waals surface area contributed by atoms with Crippen LogP contribution < -0.4 is 0 Å². The third-order valence-corrected chi connectivity index (χ3v) is 8.99. The first-order valence-corrected chi connectivity index (χ1v) is 13.5. The van der Waals surface area contributed by atoms with Crippen molar-refractivity contribution in [2.75, 3.05) is 0 Å². The van der Waals surface area contributed by atoms with Gasteiger partial charge in [0.05, 0.1) is 27.1 Å². The molecule has 2 aromatic heterocycles. The molecule has 9 heteroatoms. The highest BCUT2D eigenvalue weighted by atomic mass is 79.9. The van der Waals surface area contributed by atoms with Crippen molar-refractivity contribution in [2.24, 2.45) is 0 Å². The molecule has 0 saturated carbocycles. The molecular formula is C26H16Br2N4O2S. The number of aromatic amines is 1. The number of nitriles is 2. The normalized spacial score (nSPS) is 11.6. The van der Waals surface area contributed by atoms with Crippen LogP contribution in [0.1, 0.15) is 27.9 Å². The summed E-state index contributed by atoms with van der Waals surface area (Å²) in [4.78, 5) is 3.44. The third-order valence-electron chi connectivity index (χ3n) is 5.96. The zero-order valence-electron chi connectivity index (χ0n) is 18.3. The van der Waals surface area contributed by atoms with Gasteiger partial charge in [-0.15, -0.1) is 0 Å². The second kappa shape index (κ2) is 8.69. The van der Waals surface area contributed by atoms with Crippen LogP contribution in [0.15, 0.2) is 74.6 Å². The van der Waals surface area contributed by atoms with Crippen LogP contribution in [0.2, 0.25) is 0 Å². The van der Waals surface area contributed by atoms with Gasteiger partial charge in [0.2, 0.25) is 0 Å². The lowest BCUT2D eigenvalue weighted by Gasteiger charge is -2.12. The van der Waals surface area contributed by atoms with Crippen LogP contribution in [0.5, 0.6) is 0 Å². The molecule has 2 heterocycles. The van der Waals surface area contributed by atoms with Crippen molar-refractivity contribution >= 4 is 63.7 Å². The maximum atomic E-state index is 13.5. The number of nitrogens with zero attached hydrogens (tertiary/aromatic N) is 3. The van der Waals surface area contributed by atoms with Crippen molar-refractivity contribution in [1.29, 1.82) is 10.5 Å². The van der Waals surface area contributed by atoms with Crippen LogP contribution in [0, 0.1) is 29.6 Å². The first-order chi connectivity index (χ1) is 16.7. The Bertz CT molecular complexity index is 1840. The van der Waals surface area contributed by atoms with Crippen LogP contribution in [0.25, 0.3) is 21.8 Å². The first-order valence-electron chi connectivity index (χ1n) is 10.5. The van der Waals surface area contributed by atoms with E-state index in [1.165, 1.54) is 10.2 Å². The molecule has 35 heavy (non-hydrogen) atoms. The molecule has 6 nitrogen and oxygen atoms in total.